The van der Waals surface area contributed by atoms with Crippen LogP contribution in [0.5, 0.6) is 0 Å². The van der Waals surface area contributed by atoms with Crippen LogP contribution >= 0.6 is 0 Å². The number of thiol groups is 1. The average molecular weight is 123 g/mol. The highest BCUT2D eigenvalue weighted by molar-refractivity contribution is 7.73. The van der Waals surface area contributed by atoms with E-state index in [4.69, 9.17) is 5.11 Å². The van der Waals surface area contributed by atoms with Gasteiger partial charge in [-0.3, -0.25) is 0 Å². The summed E-state index contributed by atoms with van der Waals surface area (Å²) in [5.74, 6) is 0. The Morgan fingerprint density at radius 2 is 1.86 bits per heavy atom. The summed E-state index contributed by atoms with van der Waals surface area (Å²) in [6.45, 7) is 4.04. The Hall–Kier alpha value is -0.0900. The number of hydrogen-bond donors (Lipinski definition) is 2. The lowest BCUT2D eigenvalue weighted by Crippen LogP contribution is -2.20. The maximum Gasteiger partial charge on any atom is 0.169 e. The van der Waals surface area contributed by atoms with Crippen LogP contribution in [0.2, 0.25) is 0 Å². The molecule has 43 valence electrons. The van der Waals surface area contributed by atoms with E-state index in [0.717, 1.165) is 6.92 Å². The number of hydrogen-bond acceptors (Lipinski definition) is 3. The van der Waals surface area contributed by atoms with Gasteiger partial charge < -0.3 is 5.11 Å². The van der Waals surface area contributed by atoms with Gasteiger partial charge in [0.1, 0.15) is 0 Å². The minimum atomic E-state index is -2.80. The van der Waals surface area contributed by atoms with Gasteiger partial charge in [0.05, 0.1) is 0 Å². The number of rotatable bonds is 1. The van der Waals surface area contributed by atoms with E-state index in [1.807, 2.05) is 0 Å². The molecule has 0 aromatic carbocycles. The van der Waals surface area contributed by atoms with E-state index < -0.39 is 15.6 Å². The molecule has 1 unspecified atom stereocenters. The van der Waals surface area contributed by atoms with Crippen molar-refractivity contribution in [2.75, 3.05) is 0 Å². The standard InChI is InChI=1S/C3H7O3S/c1-3(2,4)7(5)6/h4,7H,1H2,2H3. The summed E-state index contributed by atoms with van der Waals surface area (Å²) >= 11 is 0. The van der Waals surface area contributed by atoms with Crippen molar-refractivity contribution in [3.8, 4) is 0 Å². The first-order valence-electron chi connectivity index (χ1n) is 1.67. The van der Waals surface area contributed by atoms with E-state index in [0.29, 0.717) is 0 Å². The van der Waals surface area contributed by atoms with E-state index in [1.165, 1.54) is 0 Å². The molecule has 7 heavy (non-hydrogen) atoms. The lowest BCUT2D eigenvalue weighted by atomic mass is 10.5. The second kappa shape index (κ2) is 1.79. The molecule has 1 atom stereocenters. The second-order valence-electron chi connectivity index (χ2n) is 1.47. The van der Waals surface area contributed by atoms with Crippen LogP contribution < -0.4 is 0 Å². The van der Waals surface area contributed by atoms with Crippen molar-refractivity contribution in [2.45, 2.75) is 11.9 Å². The fraction of sp³-hybridized carbons (Fsp3) is 0.667. The fourth-order valence-electron chi connectivity index (χ4n) is 0. The smallest absolute Gasteiger partial charge is 0.169 e. The summed E-state index contributed by atoms with van der Waals surface area (Å²) in [5, 5.41) is 8.39. The molecule has 3 nitrogen and oxygen atoms in total. The second-order valence-corrected chi connectivity index (χ2v) is 2.95. The van der Waals surface area contributed by atoms with Crippen molar-refractivity contribution < 1.29 is 13.5 Å². The quantitative estimate of drug-likeness (QED) is 0.446. The first kappa shape index (κ1) is 6.91. The van der Waals surface area contributed by atoms with Crippen LogP contribution in [0.3, 0.4) is 0 Å². The van der Waals surface area contributed by atoms with Gasteiger partial charge in [-0.05, 0) is 13.8 Å². The van der Waals surface area contributed by atoms with Gasteiger partial charge >= 0.3 is 0 Å². The van der Waals surface area contributed by atoms with E-state index in [9.17, 15) is 8.42 Å². The molecule has 0 bridgehead atoms. The Morgan fingerprint density at radius 1 is 1.71 bits per heavy atom. The highest BCUT2D eigenvalue weighted by atomic mass is 32.2. The molecule has 0 fully saturated rings. The molecular formula is C3H7O3S. The van der Waals surface area contributed by atoms with Crippen LogP contribution in [0.4, 0.5) is 0 Å². The summed E-state index contributed by atoms with van der Waals surface area (Å²) in [7, 11) is -2.80. The molecule has 0 aliphatic heterocycles. The summed E-state index contributed by atoms with van der Waals surface area (Å²) in [5.41, 5.74) is 0. The molecule has 0 aliphatic rings. The van der Waals surface area contributed by atoms with Gasteiger partial charge in [-0.15, -0.1) is 0 Å². The van der Waals surface area contributed by atoms with Gasteiger partial charge in [0.2, 0.25) is 0 Å². The SMILES string of the molecule is [CH2]C(C)(O)[SH](=O)=O. The predicted molar refractivity (Wildman–Crippen MR) is 26.3 cm³/mol. The van der Waals surface area contributed by atoms with Crippen LogP contribution in [-0.4, -0.2) is 18.5 Å². The Labute approximate surface area is 43.9 Å². The first-order valence-corrected chi connectivity index (χ1v) is 2.84. The molecule has 1 radical (unpaired) electrons. The zero-order valence-corrected chi connectivity index (χ0v) is 4.81. The summed E-state index contributed by atoms with van der Waals surface area (Å²) < 4.78 is 19.5. The third kappa shape index (κ3) is 2.59. The molecule has 0 heterocycles. The van der Waals surface area contributed by atoms with Gasteiger partial charge in [-0.2, -0.15) is 0 Å². The molecule has 0 aromatic rings. The zero-order valence-electron chi connectivity index (χ0n) is 3.92. The highest BCUT2D eigenvalue weighted by Crippen LogP contribution is 1.97. The summed E-state index contributed by atoms with van der Waals surface area (Å²) in [4.78, 5) is -1.80. The normalized spacial score (nSPS) is 12.6. The molecular weight excluding hydrogens is 116 g/mol. The van der Waals surface area contributed by atoms with Gasteiger partial charge in [0.15, 0.2) is 15.6 Å². The zero-order chi connectivity index (χ0) is 6.08. The van der Waals surface area contributed by atoms with Crippen molar-refractivity contribution >= 4 is 10.7 Å². The molecule has 4 heteroatoms. The predicted octanol–water partition coefficient (Wildman–Crippen LogP) is -0.860. The Balaban J connectivity index is 4.08. The largest absolute Gasteiger partial charge is 0.375 e. The van der Waals surface area contributed by atoms with E-state index in [1.54, 1.807) is 0 Å². The summed E-state index contributed by atoms with van der Waals surface area (Å²) in [6, 6.07) is 0. The maximum atomic E-state index is 9.75. The Kier molecular flexibility index (Phi) is 1.77. The lowest BCUT2D eigenvalue weighted by molar-refractivity contribution is 0.196. The molecule has 0 amide bonds. The van der Waals surface area contributed by atoms with Crippen molar-refractivity contribution in [3.05, 3.63) is 6.92 Å². The monoisotopic (exact) mass is 123 g/mol. The first-order chi connectivity index (χ1) is 2.94. The Bertz CT molecular complexity index is 111. The van der Waals surface area contributed by atoms with Gasteiger partial charge in [-0.1, -0.05) is 0 Å². The van der Waals surface area contributed by atoms with Crippen LogP contribution in [0, 0.1) is 6.92 Å². The molecule has 0 rings (SSSR count). The molecule has 0 spiro atoms. The van der Waals surface area contributed by atoms with E-state index >= 15 is 0 Å². The third-order valence-electron chi connectivity index (χ3n) is 0.393. The topological polar surface area (TPSA) is 54.4 Å². The number of aliphatic hydroxyl groups is 1. The third-order valence-corrected chi connectivity index (χ3v) is 1.18. The molecule has 0 aromatic heterocycles. The van der Waals surface area contributed by atoms with Crippen molar-refractivity contribution in [2.24, 2.45) is 0 Å². The van der Waals surface area contributed by atoms with Crippen LogP contribution in [0.15, 0.2) is 0 Å². The van der Waals surface area contributed by atoms with Crippen molar-refractivity contribution in [1.29, 1.82) is 0 Å². The van der Waals surface area contributed by atoms with Gasteiger partial charge in [0.25, 0.3) is 0 Å². The minimum Gasteiger partial charge on any atom is -0.375 e. The van der Waals surface area contributed by atoms with E-state index in [2.05, 4.69) is 6.92 Å². The minimum absolute atomic E-state index is 1.11. The Morgan fingerprint density at radius 3 is 1.86 bits per heavy atom. The lowest BCUT2D eigenvalue weighted by Gasteiger charge is -2.03. The maximum absolute atomic E-state index is 9.75. The molecule has 0 saturated heterocycles. The highest BCUT2D eigenvalue weighted by Gasteiger charge is 2.14. The average Bonchev–Trinajstić information content (AvgIpc) is 1.31. The van der Waals surface area contributed by atoms with Crippen molar-refractivity contribution in [1.82, 2.24) is 0 Å². The fourth-order valence-corrected chi connectivity index (χ4v) is 0. The van der Waals surface area contributed by atoms with Gasteiger partial charge in [-0.25, -0.2) is 8.42 Å². The van der Waals surface area contributed by atoms with Crippen LogP contribution in [-0.2, 0) is 10.7 Å². The van der Waals surface area contributed by atoms with Crippen molar-refractivity contribution in [3.63, 3.8) is 0 Å². The summed E-state index contributed by atoms with van der Waals surface area (Å²) in [6.07, 6.45) is 0. The van der Waals surface area contributed by atoms with Crippen LogP contribution in [0.1, 0.15) is 6.92 Å². The molecule has 0 aliphatic carbocycles. The van der Waals surface area contributed by atoms with Crippen LogP contribution in [0.25, 0.3) is 0 Å². The van der Waals surface area contributed by atoms with E-state index in [-0.39, 0.29) is 0 Å². The molecule has 0 saturated carbocycles. The molecule has 1 N–H and O–H groups in total. The van der Waals surface area contributed by atoms with Gasteiger partial charge in [0, 0.05) is 0 Å².